The van der Waals surface area contributed by atoms with Crippen LogP contribution in [0.4, 0.5) is 5.69 Å². The van der Waals surface area contributed by atoms with Gasteiger partial charge in [-0.15, -0.1) is 0 Å². The van der Waals surface area contributed by atoms with Gasteiger partial charge in [0.2, 0.25) is 5.91 Å². The molecule has 1 unspecified atom stereocenters. The molecule has 146 valence electrons. The third kappa shape index (κ3) is 6.45. The Morgan fingerprint density at radius 1 is 1.11 bits per heavy atom. The molecule has 0 aliphatic heterocycles. The largest absolute Gasteiger partial charge is 0.481 e. The maximum Gasteiger partial charge on any atom is 0.305 e. The van der Waals surface area contributed by atoms with Crippen LogP contribution in [0.5, 0.6) is 0 Å². The number of nitrogens with one attached hydrogen (secondary N) is 3. The molecule has 0 aliphatic carbocycles. The highest BCUT2D eigenvalue weighted by Crippen LogP contribution is 2.16. The number of anilines is 1. The molecule has 2 amide bonds. The van der Waals surface area contributed by atoms with Crippen LogP contribution in [-0.2, 0) is 9.59 Å². The number of aliphatic carboxylic acids is 1. The summed E-state index contributed by atoms with van der Waals surface area (Å²) in [5.74, 6) is 3.04. The van der Waals surface area contributed by atoms with Crippen LogP contribution in [0.15, 0.2) is 59.7 Å². The van der Waals surface area contributed by atoms with Crippen molar-refractivity contribution in [2.45, 2.75) is 12.5 Å². The van der Waals surface area contributed by atoms with E-state index >= 15 is 0 Å². The number of hydrogen-bond acceptors (Lipinski definition) is 5. The first-order chi connectivity index (χ1) is 13.5. The molecule has 2 aromatic carbocycles. The fourth-order valence-corrected chi connectivity index (χ4v) is 2.48. The van der Waals surface area contributed by atoms with Crippen molar-refractivity contribution in [2.24, 2.45) is 10.9 Å². The number of hydrazone groups is 1. The molecule has 9 heteroatoms. The summed E-state index contributed by atoms with van der Waals surface area (Å²) in [5, 5.41) is 20.3. The molecule has 0 heterocycles. The van der Waals surface area contributed by atoms with E-state index in [0.29, 0.717) is 16.8 Å². The Labute approximate surface area is 161 Å². The second-order valence-electron chi connectivity index (χ2n) is 5.81. The predicted molar refractivity (Wildman–Crippen MR) is 105 cm³/mol. The summed E-state index contributed by atoms with van der Waals surface area (Å²) >= 11 is 0. The number of nitrogens with two attached hydrogens (primary N) is 1. The normalized spacial score (nSPS) is 11.6. The van der Waals surface area contributed by atoms with Gasteiger partial charge in [0.05, 0.1) is 19.0 Å². The van der Waals surface area contributed by atoms with Gasteiger partial charge >= 0.3 is 5.97 Å². The summed E-state index contributed by atoms with van der Waals surface area (Å²) in [4.78, 5) is 35.5. The van der Waals surface area contributed by atoms with Gasteiger partial charge in [-0.25, -0.2) is 0 Å². The van der Waals surface area contributed by atoms with Gasteiger partial charge in [-0.05, 0) is 23.8 Å². The Hall–Kier alpha value is -3.88. The van der Waals surface area contributed by atoms with E-state index in [1.54, 1.807) is 54.6 Å². The highest BCUT2D eigenvalue weighted by atomic mass is 16.4. The van der Waals surface area contributed by atoms with E-state index < -0.39 is 23.8 Å². The molecule has 0 saturated carbocycles. The molecular weight excluding hydrogens is 362 g/mol. The second kappa shape index (κ2) is 10.3. The van der Waals surface area contributed by atoms with E-state index in [1.165, 1.54) is 6.34 Å². The minimum atomic E-state index is -1.04. The molecule has 1 atom stereocenters. The van der Waals surface area contributed by atoms with E-state index in [-0.39, 0.29) is 13.0 Å². The van der Waals surface area contributed by atoms with Crippen LogP contribution in [0.25, 0.3) is 0 Å². The molecule has 0 saturated heterocycles. The Morgan fingerprint density at radius 2 is 1.86 bits per heavy atom. The van der Waals surface area contributed by atoms with Gasteiger partial charge in [0.25, 0.3) is 5.91 Å². The number of nitrogens with zero attached hydrogens (tertiary/aromatic N) is 1. The van der Waals surface area contributed by atoms with Crippen molar-refractivity contribution in [1.82, 2.24) is 10.6 Å². The first kappa shape index (κ1) is 20.4. The van der Waals surface area contributed by atoms with Gasteiger partial charge in [-0.3, -0.25) is 14.4 Å². The second-order valence-corrected chi connectivity index (χ2v) is 5.81. The number of carbonyl (C=O) groups is 3. The first-order valence-electron chi connectivity index (χ1n) is 8.42. The molecule has 2 rings (SSSR count). The third-order valence-electron chi connectivity index (χ3n) is 3.76. The number of amides is 2. The summed E-state index contributed by atoms with van der Waals surface area (Å²) < 4.78 is 0. The van der Waals surface area contributed by atoms with Gasteiger partial charge in [0.1, 0.15) is 6.34 Å². The average molecular weight is 383 g/mol. The lowest BCUT2D eigenvalue weighted by Crippen LogP contribution is -2.39. The van der Waals surface area contributed by atoms with E-state index in [0.717, 1.165) is 0 Å². The zero-order valence-corrected chi connectivity index (χ0v) is 15.0. The summed E-state index contributed by atoms with van der Waals surface area (Å²) in [5.41, 5.74) is 1.62. The quantitative estimate of drug-likeness (QED) is 0.189. The number of carboxylic acid groups (broad SMARTS) is 1. The molecule has 0 fully saturated rings. The van der Waals surface area contributed by atoms with Crippen LogP contribution in [0, 0.1) is 0 Å². The zero-order chi connectivity index (χ0) is 20.4. The molecule has 0 radical (unpaired) electrons. The van der Waals surface area contributed by atoms with E-state index in [9.17, 15) is 14.4 Å². The Morgan fingerprint density at radius 3 is 2.54 bits per heavy atom. The van der Waals surface area contributed by atoms with Gasteiger partial charge in [0.15, 0.2) is 0 Å². The molecule has 2 aromatic rings. The summed E-state index contributed by atoms with van der Waals surface area (Å²) in [6.07, 6.45) is 1.01. The molecular formula is C19H21N5O4. The standard InChI is InChI=1S/C19H21N5O4/c20-23-12-22-15-8-4-7-14(9-15)19(28)21-11-17(25)24-16(10-18(26)27)13-5-2-1-3-6-13/h1-9,12,16H,10-11,20H2,(H,21,28)(H,22,23)(H,24,25)(H,26,27). The SMILES string of the molecule is NN=CNc1cccc(C(=O)NCC(=O)NC(CC(=O)O)c2ccccc2)c1. The number of carboxylic acids is 1. The minimum absolute atomic E-state index is 0.264. The maximum atomic E-state index is 12.2. The van der Waals surface area contributed by atoms with E-state index in [4.69, 9.17) is 10.9 Å². The van der Waals surface area contributed by atoms with Crippen LogP contribution < -0.4 is 21.8 Å². The van der Waals surface area contributed by atoms with Crippen molar-refractivity contribution in [3.8, 4) is 0 Å². The monoisotopic (exact) mass is 383 g/mol. The van der Waals surface area contributed by atoms with E-state index in [2.05, 4.69) is 21.1 Å². The maximum absolute atomic E-state index is 12.2. The summed E-state index contributed by atoms with van der Waals surface area (Å²) in [7, 11) is 0. The lowest BCUT2D eigenvalue weighted by molar-refractivity contribution is -0.137. The molecule has 0 aromatic heterocycles. The number of carbonyl (C=O) groups excluding carboxylic acids is 2. The summed E-state index contributed by atoms with van der Waals surface area (Å²) in [6.45, 7) is -0.288. The minimum Gasteiger partial charge on any atom is -0.481 e. The molecule has 0 bridgehead atoms. The Bertz CT molecular complexity index is 854. The van der Waals surface area contributed by atoms with Crippen LogP contribution in [0.2, 0.25) is 0 Å². The number of benzene rings is 2. The highest BCUT2D eigenvalue weighted by Gasteiger charge is 2.18. The fraction of sp³-hybridized carbons (Fsp3) is 0.158. The number of rotatable bonds is 9. The van der Waals surface area contributed by atoms with Crippen molar-refractivity contribution in [3.05, 3.63) is 65.7 Å². The molecule has 9 nitrogen and oxygen atoms in total. The molecule has 6 N–H and O–H groups in total. The third-order valence-corrected chi connectivity index (χ3v) is 3.76. The highest BCUT2D eigenvalue weighted by molar-refractivity contribution is 5.97. The lowest BCUT2D eigenvalue weighted by Gasteiger charge is -2.17. The van der Waals surface area contributed by atoms with Gasteiger partial charge in [0, 0.05) is 11.3 Å². The Kier molecular flexibility index (Phi) is 7.53. The van der Waals surface area contributed by atoms with Gasteiger partial charge in [-0.2, -0.15) is 5.10 Å². The van der Waals surface area contributed by atoms with Crippen molar-refractivity contribution < 1.29 is 19.5 Å². The van der Waals surface area contributed by atoms with Crippen molar-refractivity contribution >= 4 is 29.8 Å². The smallest absolute Gasteiger partial charge is 0.305 e. The average Bonchev–Trinajstić information content (AvgIpc) is 2.70. The topological polar surface area (TPSA) is 146 Å². The van der Waals surface area contributed by atoms with Gasteiger partial charge < -0.3 is 26.9 Å². The van der Waals surface area contributed by atoms with Crippen molar-refractivity contribution in [3.63, 3.8) is 0 Å². The zero-order valence-electron chi connectivity index (χ0n) is 15.0. The van der Waals surface area contributed by atoms with Crippen molar-refractivity contribution in [1.29, 1.82) is 0 Å². The van der Waals surface area contributed by atoms with Crippen LogP contribution in [0.3, 0.4) is 0 Å². The van der Waals surface area contributed by atoms with Gasteiger partial charge in [-0.1, -0.05) is 36.4 Å². The molecule has 0 aliphatic rings. The van der Waals surface area contributed by atoms with Crippen LogP contribution in [-0.4, -0.2) is 35.8 Å². The van der Waals surface area contributed by atoms with E-state index in [1.807, 2.05) is 0 Å². The number of hydrogen-bond donors (Lipinski definition) is 5. The summed E-state index contributed by atoms with van der Waals surface area (Å²) in [6, 6.07) is 14.6. The predicted octanol–water partition coefficient (Wildman–Crippen LogP) is 1.06. The molecule has 0 spiro atoms. The molecule has 28 heavy (non-hydrogen) atoms. The fourth-order valence-electron chi connectivity index (χ4n) is 2.48. The van der Waals surface area contributed by atoms with Crippen LogP contribution in [0.1, 0.15) is 28.4 Å². The Balaban J connectivity index is 1.94. The van der Waals surface area contributed by atoms with Crippen molar-refractivity contribution in [2.75, 3.05) is 11.9 Å². The van der Waals surface area contributed by atoms with Crippen LogP contribution >= 0.6 is 0 Å². The lowest BCUT2D eigenvalue weighted by atomic mass is 10.0. The first-order valence-corrected chi connectivity index (χ1v) is 8.42.